The summed E-state index contributed by atoms with van der Waals surface area (Å²) in [5.74, 6) is 2.56. The van der Waals surface area contributed by atoms with E-state index in [1.165, 1.54) is 5.56 Å². The molecule has 0 saturated heterocycles. The molecule has 1 unspecified atom stereocenters. The van der Waals surface area contributed by atoms with E-state index in [-0.39, 0.29) is 6.04 Å². The van der Waals surface area contributed by atoms with Gasteiger partial charge in [0.15, 0.2) is 0 Å². The zero-order chi connectivity index (χ0) is 11.7. The second-order valence-corrected chi connectivity index (χ2v) is 4.03. The summed E-state index contributed by atoms with van der Waals surface area (Å²) in [5.41, 5.74) is 1.18. The standard InChI is InChI=1S/C13H13N3O/c1-9-14-7-6-13(15-9)16-11-8-17-12-5-3-2-4-10(11)12/h2-7,11H,8H2,1H3,(H,14,15,16). The van der Waals surface area contributed by atoms with E-state index in [0.29, 0.717) is 6.61 Å². The van der Waals surface area contributed by atoms with Crippen molar-refractivity contribution in [2.75, 3.05) is 11.9 Å². The average molecular weight is 227 g/mol. The van der Waals surface area contributed by atoms with Crippen LogP contribution in [-0.4, -0.2) is 16.6 Å². The molecule has 1 aliphatic rings. The minimum Gasteiger partial charge on any atom is -0.491 e. The van der Waals surface area contributed by atoms with Gasteiger partial charge in [0.05, 0.1) is 6.04 Å². The number of hydrogen-bond donors (Lipinski definition) is 1. The summed E-state index contributed by atoms with van der Waals surface area (Å²) in [6.45, 7) is 2.52. The maximum absolute atomic E-state index is 5.61. The van der Waals surface area contributed by atoms with Crippen molar-refractivity contribution >= 4 is 5.82 Å². The van der Waals surface area contributed by atoms with Crippen LogP contribution in [-0.2, 0) is 0 Å². The highest BCUT2D eigenvalue weighted by atomic mass is 16.5. The van der Waals surface area contributed by atoms with Gasteiger partial charge in [-0.05, 0) is 19.1 Å². The average Bonchev–Trinajstić information content (AvgIpc) is 2.73. The van der Waals surface area contributed by atoms with Gasteiger partial charge in [-0.1, -0.05) is 18.2 Å². The fraction of sp³-hybridized carbons (Fsp3) is 0.231. The molecule has 0 fully saturated rings. The molecule has 4 heteroatoms. The summed E-state index contributed by atoms with van der Waals surface area (Å²) < 4.78 is 5.61. The van der Waals surface area contributed by atoms with Gasteiger partial charge in [0.25, 0.3) is 0 Å². The maximum atomic E-state index is 5.61. The zero-order valence-corrected chi connectivity index (χ0v) is 9.55. The molecule has 1 aromatic heterocycles. The van der Waals surface area contributed by atoms with Crippen LogP contribution in [0.4, 0.5) is 5.82 Å². The van der Waals surface area contributed by atoms with Crippen molar-refractivity contribution < 1.29 is 4.74 Å². The first-order valence-corrected chi connectivity index (χ1v) is 5.61. The van der Waals surface area contributed by atoms with Crippen molar-refractivity contribution in [1.29, 1.82) is 0 Å². The van der Waals surface area contributed by atoms with E-state index in [4.69, 9.17) is 4.74 Å². The molecule has 3 rings (SSSR count). The molecule has 0 spiro atoms. The van der Waals surface area contributed by atoms with E-state index < -0.39 is 0 Å². The van der Waals surface area contributed by atoms with Gasteiger partial charge < -0.3 is 10.1 Å². The summed E-state index contributed by atoms with van der Waals surface area (Å²) >= 11 is 0. The number of aromatic nitrogens is 2. The fourth-order valence-electron chi connectivity index (χ4n) is 2.00. The summed E-state index contributed by atoms with van der Waals surface area (Å²) in [4.78, 5) is 8.41. The molecule has 0 saturated carbocycles. The predicted octanol–water partition coefficient (Wildman–Crippen LogP) is 2.33. The molecule has 1 atom stereocenters. The van der Waals surface area contributed by atoms with E-state index in [1.54, 1.807) is 6.20 Å². The number of aryl methyl sites for hydroxylation is 1. The fourth-order valence-corrected chi connectivity index (χ4v) is 2.00. The second kappa shape index (κ2) is 4.05. The molecular weight excluding hydrogens is 214 g/mol. The molecule has 2 aromatic rings. The van der Waals surface area contributed by atoms with Crippen LogP contribution in [0, 0.1) is 6.92 Å². The number of rotatable bonds is 2. The minimum absolute atomic E-state index is 0.167. The van der Waals surface area contributed by atoms with Crippen molar-refractivity contribution in [1.82, 2.24) is 9.97 Å². The van der Waals surface area contributed by atoms with Crippen LogP contribution in [0.15, 0.2) is 36.5 Å². The summed E-state index contributed by atoms with van der Waals surface area (Å²) in [7, 11) is 0. The normalized spacial score (nSPS) is 17.4. The Morgan fingerprint density at radius 2 is 2.18 bits per heavy atom. The highest BCUT2D eigenvalue weighted by Crippen LogP contribution is 2.33. The van der Waals surface area contributed by atoms with Gasteiger partial charge >= 0.3 is 0 Å². The molecule has 1 aromatic carbocycles. The van der Waals surface area contributed by atoms with E-state index in [0.717, 1.165) is 17.4 Å². The molecule has 0 aliphatic carbocycles. The topological polar surface area (TPSA) is 47.0 Å². The number of nitrogens with zero attached hydrogens (tertiary/aromatic N) is 2. The first-order valence-electron chi connectivity index (χ1n) is 5.61. The van der Waals surface area contributed by atoms with Gasteiger partial charge in [-0.25, -0.2) is 9.97 Å². The van der Waals surface area contributed by atoms with Crippen LogP contribution >= 0.6 is 0 Å². The highest BCUT2D eigenvalue weighted by Gasteiger charge is 2.23. The van der Waals surface area contributed by atoms with Gasteiger partial charge in [-0.2, -0.15) is 0 Å². The minimum atomic E-state index is 0.167. The Balaban J connectivity index is 1.84. The molecule has 1 N–H and O–H groups in total. The Kier molecular flexibility index (Phi) is 2.40. The van der Waals surface area contributed by atoms with E-state index in [2.05, 4.69) is 21.4 Å². The number of benzene rings is 1. The van der Waals surface area contributed by atoms with Crippen LogP contribution in [0.1, 0.15) is 17.4 Å². The van der Waals surface area contributed by atoms with Crippen LogP contribution in [0.5, 0.6) is 5.75 Å². The number of nitrogens with one attached hydrogen (secondary N) is 1. The zero-order valence-electron chi connectivity index (χ0n) is 9.55. The third-order valence-corrected chi connectivity index (χ3v) is 2.80. The molecular formula is C13H13N3O. The number of para-hydroxylation sites is 1. The van der Waals surface area contributed by atoms with Crippen LogP contribution in [0.2, 0.25) is 0 Å². The predicted molar refractivity (Wildman–Crippen MR) is 65.1 cm³/mol. The number of hydrogen-bond acceptors (Lipinski definition) is 4. The molecule has 86 valence electrons. The first kappa shape index (κ1) is 10.1. The van der Waals surface area contributed by atoms with Crippen LogP contribution in [0.25, 0.3) is 0 Å². The molecule has 0 bridgehead atoms. The molecule has 0 radical (unpaired) electrons. The van der Waals surface area contributed by atoms with Gasteiger partial charge in [0.1, 0.15) is 24.0 Å². The van der Waals surface area contributed by atoms with Crippen molar-refractivity contribution in [3.05, 3.63) is 47.9 Å². The smallest absolute Gasteiger partial charge is 0.130 e. The Labute approximate surface area is 99.7 Å². The molecule has 2 heterocycles. The maximum Gasteiger partial charge on any atom is 0.130 e. The Morgan fingerprint density at radius 1 is 1.29 bits per heavy atom. The SMILES string of the molecule is Cc1nccc(NC2COc3ccccc32)n1. The number of anilines is 1. The van der Waals surface area contributed by atoms with Crippen LogP contribution < -0.4 is 10.1 Å². The van der Waals surface area contributed by atoms with Crippen molar-refractivity contribution in [2.24, 2.45) is 0 Å². The van der Waals surface area contributed by atoms with Crippen molar-refractivity contribution in [3.8, 4) is 5.75 Å². The Bertz CT molecular complexity index is 542. The monoisotopic (exact) mass is 227 g/mol. The Morgan fingerprint density at radius 3 is 3.06 bits per heavy atom. The third kappa shape index (κ3) is 1.93. The molecule has 0 amide bonds. The van der Waals surface area contributed by atoms with Crippen molar-refractivity contribution in [3.63, 3.8) is 0 Å². The number of ether oxygens (including phenoxy) is 1. The lowest BCUT2D eigenvalue weighted by Crippen LogP contribution is -2.13. The first-order chi connectivity index (χ1) is 8.33. The molecule has 4 nitrogen and oxygen atoms in total. The number of fused-ring (bicyclic) bond motifs is 1. The van der Waals surface area contributed by atoms with Crippen molar-refractivity contribution in [2.45, 2.75) is 13.0 Å². The summed E-state index contributed by atoms with van der Waals surface area (Å²) in [5, 5.41) is 3.36. The van der Waals surface area contributed by atoms with Crippen LogP contribution in [0.3, 0.4) is 0 Å². The van der Waals surface area contributed by atoms with Gasteiger partial charge in [0.2, 0.25) is 0 Å². The summed E-state index contributed by atoms with van der Waals surface area (Å²) in [6.07, 6.45) is 1.76. The Hall–Kier alpha value is -2.10. The molecule has 1 aliphatic heterocycles. The quantitative estimate of drug-likeness (QED) is 0.855. The largest absolute Gasteiger partial charge is 0.491 e. The van der Waals surface area contributed by atoms with Gasteiger partial charge in [-0.15, -0.1) is 0 Å². The van der Waals surface area contributed by atoms with E-state index >= 15 is 0 Å². The lowest BCUT2D eigenvalue weighted by Gasteiger charge is -2.12. The lowest BCUT2D eigenvalue weighted by molar-refractivity contribution is 0.339. The molecule has 17 heavy (non-hydrogen) atoms. The van der Waals surface area contributed by atoms with E-state index in [9.17, 15) is 0 Å². The highest BCUT2D eigenvalue weighted by molar-refractivity contribution is 5.45. The third-order valence-electron chi connectivity index (χ3n) is 2.80. The van der Waals surface area contributed by atoms with Gasteiger partial charge in [0, 0.05) is 11.8 Å². The van der Waals surface area contributed by atoms with E-state index in [1.807, 2.05) is 31.2 Å². The van der Waals surface area contributed by atoms with Gasteiger partial charge in [-0.3, -0.25) is 0 Å². The summed E-state index contributed by atoms with van der Waals surface area (Å²) in [6, 6.07) is 10.1. The lowest BCUT2D eigenvalue weighted by atomic mass is 10.1. The second-order valence-electron chi connectivity index (χ2n) is 4.03.